The van der Waals surface area contributed by atoms with Crippen LogP contribution in [-0.4, -0.2) is 58.0 Å². The zero-order chi connectivity index (χ0) is 29.3. The van der Waals surface area contributed by atoms with Crippen molar-refractivity contribution in [3.8, 4) is 28.2 Å². The second-order valence-corrected chi connectivity index (χ2v) is 11.9. The summed E-state index contributed by atoms with van der Waals surface area (Å²) in [6, 6.07) is 23.1. The highest BCUT2D eigenvalue weighted by Gasteiger charge is 2.22. The van der Waals surface area contributed by atoms with Crippen LogP contribution in [0.2, 0.25) is 0 Å². The van der Waals surface area contributed by atoms with Gasteiger partial charge in [0.15, 0.2) is 0 Å². The Balaban J connectivity index is 1.61. The number of ether oxygens (including phenoxy) is 1. The fraction of sp³-hybridized carbons (Fsp3) is 0.324. The number of rotatable bonds is 6. The van der Waals surface area contributed by atoms with E-state index in [0.717, 1.165) is 28.2 Å². The van der Waals surface area contributed by atoms with Crippen molar-refractivity contribution < 1.29 is 19.4 Å². The van der Waals surface area contributed by atoms with Crippen LogP contribution < -0.4 is 0 Å². The third-order valence-corrected chi connectivity index (χ3v) is 7.58. The van der Waals surface area contributed by atoms with E-state index in [1.165, 1.54) is 11.1 Å². The molecule has 0 spiro atoms. The van der Waals surface area contributed by atoms with E-state index < -0.39 is 5.97 Å². The number of morpholine rings is 1. The van der Waals surface area contributed by atoms with Crippen LogP contribution in [0, 0.1) is 0 Å². The lowest BCUT2D eigenvalue weighted by Crippen LogP contribution is -2.40. The standard InChI is InChI=1S/C34H37N3O4/c1-22(2)26-18-27(20-28(19-26)34(3,4)5)31-21-30(23-6-8-25(9-7-23)33(39)40)35-37(31)29-12-10-24(11-13-29)32(38)36-14-16-41-17-15-36/h6-13,18-22H,14-17H2,1-5H3,(H,39,40). The molecule has 2 heterocycles. The van der Waals surface area contributed by atoms with E-state index in [9.17, 15) is 14.7 Å². The van der Waals surface area contributed by atoms with Gasteiger partial charge in [0, 0.05) is 29.8 Å². The number of amides is 1. The topological polar surface area (TPSA) is 84.7 Å². The average molecular weight is 552 g/mol. The molecule has 3 aromatic carbocycles. The van der Waals surface area contributed by atoms with Gasteiger partial charge in [-0.2, -0.15) is 5.10 Å². The number of carboxylic acid groups (broad SMARTS) is 1. The fourth-order valence-corrected chi connectivity index (χ4v) is 4.97. The van der Waals surface area contributed by atoms with Crippen molar-refractivity contribution in [2.45, 2.75) is 46.0 Å². The van der Waals surface area contributed by atoms with Crippen molar-refractivity contribution in [3.63, 3.8) is 0 Å². The highest BCUT2D eigenvalue weighted by molar-refractivity contribution is 5.94. The molecular weight excluding hydrogens is 514 g/mol. The zero-order valence-corrected chi connectivity index (χ0v) is 24.3. The summed E-state index contributed by atoms with van der Waals surface area (Å²) in [5.74, 6) is -0.616. The molecule has 0 saturated carbocycles. The third-order valence-electron chi connectivity index (χ3n) is 7.58. The Labute approximate surface area is 241 Å². The number of aromatic carboxylic acids is 1. The summed E-state index contributed by atoms with van der Waals surface area (Å²) in [5, 5.41) is 14.3. The number of benzene rings is 3. The maximum atomic E-state index is 13.0. The summed E-state index contributed by atoms with van der Waals surface area (Å²) in [6.07, 6.45) is 0. The predicted molar refractivity (Wildman–Crippen MR) is 161 cm³/mol. The molecule has 1 saturated heterocycles. The molecule has 0 bridgehead atoms. The van der Waals surface area contributed by atoms with Crippen LogP contribution in [0.4, 0.5) is 0 Å². The zero-order valence-electron chi connectivity index (χ0n) is 24.3. The fourth-order valence-electron chi connectivity index (χ4n) is 4.97. The van der Waals surface area contributed by atoms with Crippen molar-refractivity contribution in [2.24, 2.45) is 0 Å². The van der Waals surface area contributed by atoms with Crippen LogP contribution in [0.15, 0.2) is 72.8 Å². The van der Waals surface area contributed by atoms with Crippen LogP contribution in [0.1, 0.15) is 72.4 Å². The molecule has 0 aliphatic carbocycles. The van der Waals surface area contributed by atoms with E-state index >= 15 is 0 Å². The smallest absolute Gasteiger partial charge is 0.335 e. The van der Waals surface area contributed by atoms with Gasteiger partial charge in [0.25, 0.3) is 5.91 Å². The maximum absolute atomic E-state index is 13.0. The first-order valence-corrected chi connectivity index (χ1v) is 14.1. The van der Waals surface area contributed by atoms with Gasteiger partial charge in [-0.25, -0.2) is 9.48 Å². The minimum absolute atomic E-state index is 0.000739. The van der Waals surface area contributed by atoms with Gasteiger partial charge in [0.1, 0.15) is 0 Å². The monoisotopic (exact) mass is 551 g/mol. The van der Waals surface area contributed by atoms with E-state index in [0.29, 0.717) is 37.8 Å². The molecule has 1 fully saturated rings. The summed E-state index contributed by atoms with van der Waals surface area (Å²) in [6.45, 7) is 13.3. The molecule has 1 aliphatic rings. The van der Waals surface area contributed by atoms with Gasteiger partial charge in [-0.3, -0.25) is 4.79 Å². The Morgan fingerprint density at radius 3 is 2.07 bits per heavy atom. The van der Waals surface area contributed by atoms with Gasteiger partial charge in [0.05, 0.1) is 35.9 Å². The normalized spacial score (nSPS) is 14.0. The van der Waals surface area contributed by atoms with Crippen LogP contribution in [0.3, 0.4) is 0 Å². The molecule has 5 rings (SSSR count). The molecule has 7 nitrogen and oxygen atoms in total. The van der Waals surface area contributed by atoms with E-state index in [2.05, 4.69) is 58.9 Å². The van der Waals surface area contributed by atoms with Crippen molar-refractivity contribution in [3.05, 3.63) is 95.1 Å². The van der Waals surface area contributed by atoms with E-state index in [1.807, 2.05) is 33.8 Å². The number of carboxylic acids is 1. The minimum Gasteiger partial charge on any atom is -0.478 e. The Kier molecular flexibility index (Phi) is 7.82. The molecular formula is C34H37N3O4. The van der Waals surface area contributed by atoms with Crippen molar-refractivity contribution >= 4 is 11.9 Å². The Morgan fingerprint density at radius 1 is 0.854 bits per heavy atom. The molecule has 7 heteroatoms. The molecule has 212 valence electrons. The SMILES string of the molecule is CC(C)c1cc(-c2cc(-c3ccc(C(=O)O)cc3)nn2-c2ccc(C(=O)N3CCOCC3)cc2)cc(C(C)(C)C)c1. The summed E-state index contributed by atoms with van der Waals surface area (Å²) < 4.78 is 7.30. The van der Waals surface area contributed by atoms with Gasteiger partial charge in [-0.1, -0.05) is 52.8 Å². The van der Waals surface area contributed by atoms with Crippen molar-refractivity contribution in [1.82, 2.24) is 14.7 Å². The van der Waals surface area contributed by atoms with Gasteiger partial charge < -0.3 is 14.7 Å². The largest absolute Gasteiger partial charge is 0.478 e. The number of aromatic nitrogens is 2. The minimum atomic E-state index is -0.963. The molecule has 1 aliphatic heterocycles. The molecule has 4 aromatic rings. The Morgan fingerprint density at radius 2 is 1.49 bits per heavy atom. The maximum Gasteiger partial charge on any atom is 0.335 e. The summed E-state index contributed by atoms with van der Waals surface area (Å²) in [7, 11) is 0. The first kappa shape index (κ1) is 28.3. The molecule has 0 unspecified atom stereocenters. The van der Waals surface area contributed by atoms with E-state index in [4.69, 9.17) is 9.84 Å². The first-order chi connectivity index (χ1) is 19.5. The van der Waals surface area contributed by atoms with Crippen LogP contribution in [0.25, 0.3) is 28.2 Å². The predicted octanol–water partition coefficient (Wildman–Crippen LogP) is 6.80. The van der Waals surface area contributed by atoms with E-state index in [-0.39, 0.29) is 16.9 Å². The molecule has 0 radical (unpaired) electrons. The second kappa shape index (κ2) is 11.3. The summed E-state index contributed by atoms with van der Waals surface area (Å²) >= 11 is 0. The molecule has 1 amide bonds. The van der Waals surface area contributed by atoms with Crippen LogP contribution >= 0.6 is 0 Å². The molecule has 1 N–H and O–H groups in total. The lowest BCUT2D eigenvalue weighted by Gasteiger charge is -2.26. The number of carbonyl (C=O) groups excluding carboxylic acids is 1. The number of carbonyl (C=O) groups is 2. The van der Waals surface area contributed by atoms with Crippen LogP contribution in [0.5, 0.6) is 0 Å². The lowest BCUT2D eigenvalue weighted by atomic mass is 9.83. The van der Waals surface area contributed by atoms with Crippen molar-refractivity contribution in [2.75, 3.05) is 26.3 Å². The quantitative estimate of drug-likeness (QED) is 0.285. The number of hydrogen-bond donors (Lipinski definition) is 1. The Bertz CT molecular complexity index is 1560. The average Bonchev–Trinajstić information content (AvgIpc) is 3.42. The molecule has 1 aromatic heterocycles. The summed E-state index contributed by atoms with van der Waals surface area (Å²) in [4.78, 5) is 26.3. The highest BCUT2D eigenvalue weighted by atomic mass is 16.5. The van der Waals surface area contributed by atoms with Gasteiger partial charge in [0.2, 0.25) is 0 Å². The molecule has 0 atom stereocenters. The first-order valence-electron chi connectivity index (χ1n) is 14.1. The van der Waals surface area contributed by atoms with E-state index in [1.54, 1.807) is 24.3 Å². The lowest BCUT2D eigenvalue weighted by molar-refractivity contribution is 0.0303. The van der Waals surface area contributed by atoms with Crippen molar-refractivity contribution in [1.29, 1.82) is 0 Å². The Hall–Kier alpha value is -4.23. The molecule has 41 heavy (non-hydrogen) atoms. The summed E-state index contributed by atoms with van der Waals surface area (Å²) in [5.41, 5.74) is 7.67. The third kappa shape index (κ3) is 6.10. The second-order valence-electron chi connectivity index (χ2n) is 11.9. The number of hydrogen-bond acceptors (Lipinski definition) is 4. The van der Waals surface area contributed by atoms with Gasteiger partial charge in [-0.05, 0) is 77.1 Å². The number of nitrogens with zero attached hydrogens (tertiary/aromatic N) is 3. The highest BCUT2D eigenvalue weighted by Crippen LogP contribution is 2.35. The van der Waals surface area contributed by atoms with Crippen LogP contribution in [-0.2, 0) is 10.2 Å². The van der Waals surface area contributed by atoms with Gasteiger partial charge >= 0.3 is 5.97 Å². The van der Waals surface area contributed by atoms with Gasteiger partial charge in [-0.15, -0.1) is 0 Å².